The zero-order valence-corrected chi connectivity index (χ0v) is 14.5. The summed E-state index contributed by atoms with van der Waals surface area (Å²) in [7, 11) is 0. The Bertz CT molecular complexity index is 960. The molecule has 2 aromatic heterocycles. The third kappa shape index (κ3) is 3.47. The highest BCUT2D eigenvalue weighted by Gasteiger charge is 2.29. The molecule has 1 aliphatic rings. The van der Waals surface area contributed by atoms with Gasteiger partial charge in [0.05, 0.1) is 5.56 Å². The minimum atomic E-state index is -2.98. The van der Waals surface area contributed by atoms with E-state index in [4.69, 9.17) is 0 Å². The largest absolute Gasteiger partial charge is 0.434 e. The van der Waals surface area contributed by atoms with Crippen LogP contribution in [0.3, 0.4) is 0 Å². The molecule has 3 aromatic rings. The van der Waals surface area contributed by atoms with Gasteiger partial charge in [-0.15, -0.1) is 10.2 Å². The summed E-state index contributed by atoms with van der Waals surface area (Å²) >= 11 is 0. The van der Waals surface area contributed by atoms with Crippen molar-refractivity contribution in [3.63, 3.8) is 0 Å². The highest BCUT2D eigenvalue weighted by Crippen LogP contribution is 2.29. The summed E-state index contributed by atoms with van der Waals surface area (Å²) < 4.78 is 31.7. The highest BCUT2D eigenvalue weighted by molar-refractivity contribution is 5.97. The molecule has 0 unspecified atom stereocenters. The molecule has 0 saturated carbocycles. The summed E-state index contributed by atoms with van der Waals surface area (Å²) in [5, 5.41) is 8.47. The molecule has 0 N–H and O–H groups in total. The number of amides is 1. The molecule has 0 spiro atoms. The van der Waals surface area contributed by atoms with E-state index in [1.165, 1.54) is 12.1 Å². The Labute approximate surface area is 154 Å². The number of aromatic nitrogens is 3. The normalized spacial score (nSPS) is 17.4. The van der Waals surface area contributed by atoms with Crippen molar-refractivity contribution in [1.82, 2.24) is 19.5 Å². The van der Waals surface area contributed by atoms with E-state index in [9.17, 15) is 13.6 Å². The van der Waals surface area contributed by atoms with Crippen LogP contribution < -0.4 is 4.74 Å². The van der Waals surface area contributed by atoms with Crippen LogP contribution >= 0.6 is 0 Å². The van der Waals surface area contributed by atoms with Crippen molar-refractivity contribution in [3.8, 4) is 5.75 Å². The van der Waals surface area contributed by atoms with Crippen molar-refractivity contribution < 1.29 is 18.3 Å². The maximum absolute atomic E-state index is 12.9. The van der Waals surface area contributed by atoms with Crippen LogP contribution in [0.25, 0.3) is 5.65 Å². The molecule has 1 aliphatic heterocycles. The maximum atomic E-state index is 12.9. The molecule has 1 atom stereocenters. The molecule has 0 radical (unpaired) electrons. The fraction of sp³-hybridized carbons (Fsp3) is 0.316. The predicted molar refractivity (Wildman–Crippen MR) is 93.9 cm³/mol. The smallest absolute Gasteiger partial charge is 0.387 e. The van der Waals surface area contributed by atoms with Crippen LogP contribution in [-0.4, -0.2) is 45.1 Å². The number of para-hydroxylation sites is 1. The first-order chi connectivity index (χ1) is 13.1. The standard InChI is InChI=1S/C19H18F2N4O2/c20-19(21)27-15-8-2-1-7-14(15)18(26)24-10-5-6-13(12-24)17-23-22-16-9-3-4-11-25(16)17/h1-4,7-9,11,13,19H,5-6,10,12H2/t13-/m1/s1. The number of nitrogens with zero attached hydrogens (tertiary/aromatic N) is 4. The topological polar surface area (TPSA) is 59.7 Å². The van der Waals surface area contributed by atoms with E-state index < -0.39 is 6.61 Å². The van der Waals surface area contributed by atoms with Crippen LogP contribution in [0.5, 0.6) is 5.75 Å². The third-order valence-electron chi connectivity index (χ3n) is 4.75. The highest BCUT2D eigenvalue weighted by atomic mass is 19.3. The second-order valence-corrected chi connectivity index (χ2v) is 6.45. The van der Waals surface area contributed by atoms with Gasteiger partial charge in [0.15, 0.2) is 5.65 Å². The van der Waals surface area contributed by atoms with Gasteiger partial charge in [-0.2, -0.15) is 8.78 Å². The van der Waals surface area contributed by atoms with Crippen LogP contribution in [0.15, 0.2) is 48.7 Å². The third-order valence-corrected chi connectivity index (χ3v) is 4.75. The van der Waals surface area contributed by atoms with Gasteiger partial charge in [-0.05, 0) is 37.1 Å². The quantitative estimate of drug-likeness (QED) is 0.705. The van der Waals surface area contributed by atoms with Gasteiger partial charge in [-0.1, -0.05) is 18.2 Å². The van der Waals surface area contributed by atoms with Gasteiger partial charge < -0.3 is 9.64 Å². The van der Waals surface area contributed by atoms with Gasteiger partial charge in [0.1, 0.15) is 11.6 Å². The Morgan fingerprint density at radius 1 is 1.15 bits per heavy atom. The van der Waals surface area contributed by atoms with E-state index in [-0.39, 0.29) is 23.1 Å². The van der Waals surface area contributed by atoms with Crippen molar-refractivity contribution >= 4 is 11.6 Å². The average molecular weight is 372 g/mol. The number of hydrogen-bond donors (Lipinski definition) is 0. The number of pyridine rings is 1. The number of carbonyl (C=O) groups is 1. The molecule has 3 heterocycles. The summed E-state index contributed by atoms with van der Waals surface area (Å²) in [5.41, 5.74) is 0.899. The van der Waals surface area contributed by atoms with E-state index in [0.29, 0.717) is 13.1 Å². The summed E-state index contributed by atoms with van der Waals surface area (Å²) in [6, 6.07) is 11.8. The van der Waals surface area contributed by atoms with E-state index in [2.05, 4.69) is 14.9 Å². The number of hydrogen-bond acceptors (Lipinski definition) is 4. The average Bonchev–Trinajstić information content (AvgIpc) is 3.12. The van der Waals surface area contributed by atoms with Gasteiger partial charge in [-0.25, -0.2) is 0 Å². The number of piperidine rings is 1. The molecule has 1 fully saturated rings. The number of fused-ring (bicyclic) bond motifs is 1. The maximum Gasteiger partial charge on any atom is 0.387 e. The van der Waals surface area contributed by atoms with Gasteiger partial charge in [0.2, 0.25) is 0 Å². The summed E-state index contributed by atoms with van der Waals surface area (Å²) in [6.07, 6.45) is 3.59. The number of ether oxygens (including phenoxy) is 1. The van der Waals surface area contributed by atoms with E-state index in [0.717, 1.165) is 24.3 Å². The lowest BCUT2D eigenvalue weighted by Crippen LogP contribution is -2.39. The lowest BCUT2D eigenvalue weighted by molar-refractivity contribution is -0.0503. The van der Waals surface area contributed by atoms with Crippen LogP contribution in [0, 0.1) is 0 Å². The first-order valence-electron chi connectivity index (χ1n) is 8.76. The van der Waals surface area contributed by atoms with E-state index in [1.807, 2.05) is 28.8 Å². The van der Waals surface area contributed by atoms with E-state index in [1.54, 1.807) is 17.0 Å². The fourth-order valence-electron chi connectivity index (χ4n) is 3.52. The zero-order chi connectivity index (χ0) is 18.8. The number of benzene rings is 1. The molecule has 0 aliphatic carbocycles. The van der Waals surface area contributed by atoms with Gasteiger partial charge in [0.25, 0.3) is 5.91 Å². The monoisotopic (exact) mass is 372 g/mol. The Morgan fingerprint density at radius 3 is 2.81 bits per heavy atom. The number of likely N-dealkylation sites (tertiary alicyclic amines) is 1. The van der Waals surface area contributed by atoms with Gasteiger partial charge in [0, 0.05) is 25.2 Å². The summed E-state index contributed by atoms with van der Waals surface area (Å²) in [5.74, 6) is 0.417. The van der Waals surface area contributed by atoms with Crippen LogP contribution in [0.1, 0.15) is 34.9 Å². The van der Waals surface area contributed by atoms with Crippen molar-refractivity contribution in [2.45, 2.75) is 25.4 Å². The number of rotatable bonds is 4. The molecule has 8 heteroatoms. The van der Waals surface area contributed by atoms with Crippen molar-refractivity contribution in [3.05, 3.63) is 60.0 Å². The summed E-state index contributed by atoms with van der Waals surface area (Å²) in [4.78, 5) is 14.6. The van der Waals surface area contributed by atoms with E-state index >= 15 is 0 Å². The molecule has 1 aromatic carbocycles. The molecule has 1 saturated heterocycles. The van der Waals surface area contributed by atoms with Crippen molar-refractivity contribution in [1.29, 1.82) is 0 Å². The van der Waals surface area contributed by atoms with Crippen molar-refractivity contribution in [2.24, 2.45) is 0 Å². The molecular weight excluding hydrogens is 354 g/mol. The number of alkyl halides is 2. The Kier molecular flexibility index (Phi) is 4.70. The van der Waals surface area contributed by atoms with Gasteiger partial charge in [-0.3, -0.25) is 9.20 Å². The lowest BCUT2D eigenvalue weighted by atomic mass is 9.96. The minimum absolute atomic E-state index is 0.0308. The number of carbonyl (C=O) groups excluding carboxylic acids is 1. The second-order valence-electron chi connectivity index (χ2n) is 6.45. The van der Waals surface area contributed by atoms with Crippen LogP contribution in [-0.2, 0) is 0 Å². The fourth-order valence-corrected chi connectivity index (χ4v) is 3.52. The lowest BCUT2D eigenvalue weighted by Gasteiger charge is -2.32. The molecule has 140 valence electrons. The minimum Gasteiger partial charge on any atom is -0.434 e. The van der Waals surface area contributed by atoms with Crippen LogP contribution in [0.2, 0.25) is 0 Å². The molecule has 1 amide bonds. The molecule has 4 rings (SSSR count). The molecule has 27 heavy (non-hydrogen) atoms. The molecular formula is C19H18F2N4O2. The second kappa shape index (κ2) is 7.30. The first-order valence-corrected chi connectivity index (χ1v) is 8.76. The zero-order valence-electron chi connectivity index (χ0n) is 14.5. The SMILES string of the molecule is O=C(c1ccccc1OC(F)F)N1CCC[C@@H](c2nnc3ccccn23)C1. The Morgan fingerprint density at radius 2 is 1.96 bits per heavy atom. The first kappa shape index (κ1) is 17.4. The van der Waals surface area contributed by atoms with Crippen LogP contribution in [0.4, 0.5) is 8.78 Å². The predicted octanol–water partition coefficient (Wildman–Crippen LogP) is 3.35. The molecule has 6 nitrogen and oxygen atoms in total. The molecule has 0 bridgehead atoms. The van der Waals surface area contributed by atoms with Gasteiger partial charge >= 0.3 is 6.61 Å². The van der Waals surface area contributed by atoms with Crippen molar-refractivity contribution in [2.75, 3.05) is 13.1 Å². The Hall–Kier alpha value is -3.03. The summed E-state index contributed by atoms with van der Waals surface area (Å²) in [6.45, 7) is -1.96. The number of halogens is 2. The Balaban J connectivity index is 1.58.